The lowest BCUT2D eigenvalue weighted by atomic mass is 9.96. The highest BCUT2D eigenvalue weighted by Crippen LogP contribution is 2.42. The molecule has 0 spiro atoms. The zero-order valence-corrected chi connectivity index (χ0v) is 18.5. The normalized spacial score (nSPS) is 15.1. The lowest BCUT2D eigenvalue weighted by Gasteiger charge is -2.35. The zero-order chi connectivity index (χ0) is 23.5. The summed E-state index contributed by atoms with van der Waals surface area (Å²) in [6.45, 7) is 0.992. The van der Waals surface area contributed by atoms with Gasteiger partial charge >= 0.3 is 17.8 Å². The van der Waals surface area contributed by atoms with Crippen molar-refractivity contribution in [3.05, 3.63) is 50.9 Å². The Morgan fingerprint density at radius 1 is 1.25 bits per heavy atom. The van der Waals surface area contributed by atoms with Crippen LogP contribution in [0.5, 0.6) is 0 Å². The van der Waals surface area contributed by atoms with E-state index in [0.717, 1.165) is 29.1 Å². The second kappa shape index (κ2) is 9.38. The van der Waals surface area contributed by atoms with Crippen LogP contribution in [0.4, 0.5) is 18.2 Å². The Labute approximate surface area is 191 Å². The van der Waals surface area contributed by atoms with Gasteiger partial charge in [0.05, 0.1) is 22.8 Å². The summed E-state index contributed by atoms with van der Waals surface area (Å²) in [5, 5.41) is 13.3. The van der Waals surface area contributed by atoms with E-state index in [9.17, 15) is 28.0 Å². The minimum Gasteiger partial charge on any atom is -0.463 e. The van der Waals surface area contributed by atoms with Crippen molar-refractivity contribution in [3.8, 4) is 6.07 Å². The largest absolute Gasteiger partial charge is 0.463 e. The van der Waals surface area contributed by atoms with E-state index in [1.165, 1.54) is 31.2 Å². The number of benzene rings is 1. The summed E-state index contributed by atoms with van der Waals surface area (Å²) in [5.74, 6) is -2.98. The van der Waals surface area contributed by atoms with Gasteiger partial charge in [-0.2, -0.15) is 18.4 Å². The van der Waals surface area contributed by atoms with Gasteiger partial charge in [-0.3, -0.25) is 4.79 Å². The maximum absolute atomic E-state index is 14.4. The van der Waals surface area contributed by atoms with Gasteiger partial charge in [-0.25, -0.2) is 4.79 Å². The summed E-state index contributed by atoms with van der Waals surface area (Å²) in [6.07, 6.45) is -2.47. The summed E-state index contributed by atoms with van der Waals surface area (Å²) in [6, 6.07) is 7.44. The maximum Gasteiger partial charge on any atom is 0.441 e. The second-order valence-electron chi connectivity index (χ2n) is 7.05. The highest BCUT2D eigenvalue weighted by atomic mass is 35.5. The number of aryl methyl sites for hydroxylation is 1. The van der Waals surface area contributed by atoms with E-state index in [-0.39, 0.29) is 27.8 Å². The number of rotatable bonds is 6. The second-order valence-corrected chi connectivity index (χ2v) is 8.57. The third kappa shape index (κ3) is 4.40. The number of esters is 1. The number of thiophene rings is 1. The average molecular weight is 486 g/mol. The summed E-state index contributed by atoms with van der Waals surface area (Å²) >= 11 is 6.93. The van der Waals surface area contributed by atoms with Crippen LogP contribution in [0.15, 0.2) is 24.3 Å². The molecule has 1 aromatic heterocycles. The molecule has 0 bridgehead atoms. The maximum atomic E-state index is 14.4. The molecular formula is C21H19ClF3N3O3S. The van der Waals surface area contributed by atoms with Gasteiger partial charge in [0.25, 0.3) is 5.91 Å². The van der Waals surface area contributed by atoms with Crippen LogP contribution in [-0.2, 0) is 22.4 Å². The molecule has 170 valence electrons. The summed E-state index contributed by atoms with van der Waals surface area (Å²) in [7, 11) is 0. The van der Waals surface area contributed by atoms with E-state index in [2.05, 4.69) is 5.32 Å². The molecule has 32 heavy (non-hydrogen) atoms. The highest BCUT2D eigenvalue weighted by Gasteiger charge is 2.64. The number of alkyl halides is 3. The summed E-state index contributed by atoms with van der Waals surface area (Å²) in [5.41, 5.74) is -3.17. The molecule has 11 heteroatoms. The number of nitrogens with zero attached hydrogens (tertiary/aromatic N) is 1. The quantitative estimate of drug-likeness (QED) is 0.452. The van der Waals surface area contributed by atoms with Gasteiger partial charge in [0, 0.05) is 4.88 Å². The molecule has 1 amide bonds. The van der Waals surface area contributed by atoms with E-state index in [1.807, 2.05) is 6.07 Å². The molecule has 1 aliphatic carbocycles. The molecular weight excluding hydrogens is 467 g/mol. The van der Waals surface area contributed by atoms with Crippen molar-refractivity contribution < 1.29 is 27.5 Å². The number of nitrogens with one attached hydrogen (secondary N) is 2. The average Bonchev–Trinajstić information content (AvgIpc) is 3.09. The van der Waals surface area contributed by atoms with E-state index in [1.54, 1.807) is 5.32 Å². The van der Waals surface area contributed by atoms with Crippen LogP contribution in [0, 0.1) is 11.3 Å². The van der Waals surface area contributed by atoms with Gasteiger partial charge in [0.2, 0.25) is 0 Å². The molecule has 0 radical (unpaired) electrons. The standard InChI is InChI=1S/C21H19ClF3N3O3S/c1-2-31-19(30)20(21(23,24)25,27-17(29)13-8-3-5-9-15(13)22)28-18-14(11-26)12-7-4-6-10-16(12)32-18/h3,5,8-9,28H,2,4,6-7,10H2,1H3,(H,27,29)/t20-/m0/s1. The minimum atomic E-state index is -5.31. The molecule has 2 N–H and O–H groups in total. The van der Waals surface area contributed by atoms with Crippen LogP contribution in [-0.4, -0.2) is 30.3 Å². The number of fused-ring (bicyclic) bond motifs is 1. The number of anilines is 1. The smallest absolute Gasteiger partial charge is 0.441 e. The Kier molecular flexibility index (Phi) is 7.00. The molecule has 1 aromatic carbocycles. The first-order chi connectivity index (χ1) is 15.1. The van der Waals surface area contributed by atoms with Crippen molar-refractivity contribution in [3.63, 3.8) is 0 Å². The lowest BCUT2D eigenvalue weighted by Crippen LogP contribution is -2.69. The fraction of sp³-hybridized carbons (Fsp3) is 0.381. The van der Waals surface area contributed by atoms with Crippen molar-refractivity contribution in [1.82, 2.24) is 5.32 Å². The molecule has 0 saturated carbocycles. The van der Waals surface area contributed by atoms with Crippen LogP contribution < -0.4 is 10.6 Å². The Morgan fingerprint density at radius 3 is 2.56 bits per heavy atom. The number of halogens is 4. The molecule has 6 nitrogen and oxygen atoms in total. The number of carbonyl (C=O) groups is 2. The van der Waals surface area contributed by atoms with Gasteiger partial charge in [0.1, 0.15) is 11.1 Å². The summed E-state index contributed by atoms with van der Waals surface area (Å²) < 4.78 is 48.0. The lowest BCUT2D eigenvalue weighted by molar-refractivity contribution is -0.204. The predicted molar refractivity (Wildman–Crippen MR) is 114 cm³/mol. The molecule has 3 rings (SSSR count). The number of nitriles is 1. The third-order valence-electron chi connectivity index (χ3n) is 5.01. The van der Waals surface area contributed by atoms with Crippen LogP contribution in [0.2, 0.25) is 5.02 Å². The van der Waals surface area contributed by atoms with Gasteiger partial charge in [-0.1, -0.05) is 23.7 Å². The first kappa shape index (κ1) is 23.9. The van der Waals surface area contributed by atoms with Crippen LogP contribution in [0.3, 0.4) is 0 Å². The monoisotopic (exact) mass is 485 g/mol. The summed E-state index contributed by atoms with van der Waals surface area (Å²) in [4.78, 5) is 26.2. The van der Waals surface area contributed by atoms with E-state index < -0.39 is 23.7 Å². The van der Waals surface area contributed by atoms with Crippen molar-refractivity contribution in [2.24, 2.45) is 0 Å². The van der Waals surface area contributed by atoms with E-state index in [4.69, 9.17) is 16.3 Å². The topological polar surface area (TPSA) is 91.2 Å². The highest BCUT2D eigenvalue weighted by molar-refractivity contribution is 7.16. The van der Waals surface area contributed by atoms with E-state index >= 15 is 0 Å². The number of amides is 1. The molecule has 0 fully saturated rings. The molecule has 0 unspecified atom stereocenters. The van der Waals surface area contributed by atoms with E-state index in [0.29, 0.717) is 18.4 Å². The predicted octanol–water partition coefficient (Wildman–Crippen LogP) is 4.82. The zero-order valence-electron chi connectivity index (χ0n) is 16.9. The Balaban J connectivity index is 2.11. The molecule has 2 aromatic rings. The Hall–Kier alpha value is -2.77. The molecule has 0 aliphatic heterocycles. The molecule has 0 saturated heterocycles. The van der Waals surface area contributed by atoms with Crippen LogP contribution >= 0.6 is 22.9 Å². The first-order valence-corrected chi connectivity index (χ1v) is 11.0. The molecule has 1 aliphatic rings. The Bertz CT molecular complexity index is 1080. The van der Waals surface area contributed by atoms with Crippen LogP contribution in [0.1, 0.15) is 46.1 Å². The number of ether oxygens (including phenoxy) is 1. The van der Waals surface area contributed by atoms with Gasteiger partial charge in [-0.05, 0) is 50.3 Å². The molecule has 1 atom stereocenters. The number of carbonyl (C=O) groups excluding carboxylic acids is 2. The van der Waals surface area contributed by atoms with Gasteiger partial charge in [-0.15, -0.1) is 11.3 Å². The fourth-order valence-corrected chi connectivity index (χ4v) is 4.97. The SMILES string of the molecule is CCOC(=O)[C@](NC(=O)c1ccccc1Cl)(Nc1sc2c(c1C#N)CCCC2)C(F)(F)F. The van der Waals surface area contributed by atoms with Gasteiger partial charge < -0.3 is 15.4 Å². The third-order valence-corrected chi connectivity index (χ3v) is 6.55. The first-order valence-electron chi connectivity index (χ1n) is 9.78. The number of hydrogen-bond acceptors (Lipinski definition) is 6. The molecule has 1 heterocycles. The number of hydrogen-bond donors (Lipinski definition) is 2. The van der Waals surface area contributed by atoms with Crippen molar-refractivity contribution in [2.45, 2.75) is 44.4 Å². The van der Waals surface area contributed by atoms with Gasteiger partial charge in [0.15, 0.2) is 0 Å². The van der Waals surface area contributed by atoms with Crippen molar-refractivity contribution >= 4 is 39.8 Å². The van der Waals surface area contributed by atoms with Crippen molar-refractivity contribution in [2.75, 3.05) is 11.9 Å². The minimum absolute atomic E-state index is 0.0367. The Morgan fingerprint density at radius 2 is 1.94 bits per heavy atom. The fourth-order valence-electron chi connectivity index (χ4n) is 3.46. The van der Waals surface area contributed by atoms with Crippen molar-refractivity contribution in [1.29, 1.82) is 5.26 Å². The van der Waals surface area contributed by atoms with Crippen LogP contribution in [0.25, 0.3) is 0 Å².